The number of amides is 2. The van der Waals surface area contributed by atoms with Crippen LogP contribution in [0.5, 0.6) is 5.75 Å². The lowest BCUT2D eigenvalue weighted by Crippen LogP contribution is -2.49. The van der Waals surface area contributed by atoms with Gasteiger partial charge in [0.1, 0.15) is 11.8 Å². The van der Waals surface area contributed by atoms with Crippen molar-refractivity contribution in [1.29, 1.82) is 0 Å². The van der Waals surface area contributed by atoms with Gasteiger partial charge in [-0.2, -0.15) is 0 Å². The zero-order valence-electron chi connectivity index (χ0n) is 17.4. The largest absolute Gasteiger partial charge is 0.484 e. The van der Waals surface area contributed by atoms with E-state index in [0.717, 1.165) is 11.1 Å². The molecule has 5 nitrogen and oxygen atoms in total. The van der Waals surface area contributed by atoms with Gasteiger partial charge < -0.3 is 15.0 Å². The third-order valence-corrected chi connectivity index (χ3v) is 4.96. The number of para-hydroxylation sites is 1. The van der Waals surface area contributed by atoms with E-state index in [0.29, 0.717) is 23.2 Å². The van der Waals surface area contributed by atoms with Crippen LogP contribution < -0.4 is 10.1 Å². The predicted octanol–water partition coefficient (Wildman–Crippen LogP) is 4.22. The highest BCUT2D eigenvalue weighted by molar-refractivity contribution is 6.31. The Morgan fingerprint density at radius 2 is 1.72 bits per heavy atom. The molecule has 0 aromatic heterocycles. The number of nitrogens with zero attached hydrogens (tertiary/aromatic N) is 1. The molecular weight excluding hydrogens is 388 g/mol. The van der Waals surface area contributed by atoms with Crippen LogP contribution in [0.2, 0.25) is 5.02 Å². The summed E-state index contributed by atoms with van der Waals surface area (Å²) < 4.78 is 5.72. The molecule has 0 fully saturated rings. The smallest absolute Gasteiger partial charge is 0.261 e. The van der Waals surface area contributed by atoms with Crippen LogP contribution in [0.3, 0.4) is 0 Å². The Hall–Kier alpha value is -2.53. The third-order valence-electron chi connectivity index (χ3n) is 4.60. The summed E-state index contributed by atoms with van der Waals surface area (Å²) in [5, 5.41) is 3.45. The fourth-order valence-electron chi connectivity index (χ4n) is 2.79. The van der Waals surface area contributed by atoms with Crippen LogP contribution in [0.1, 0.15) is 31.9 Å². The molecule has 0 aliphatic carbocycles. The Labute approximate surface area is 178 Å². The second-order valence-electron chi connectivity index (χ2n) is 7.48. The molecule has 2 amide bonds. The van der Waals surface area contributed by atoms with Crippen molar-refractivity contribution in [2.75, 3.05) is 13.2 Å². The first kappa shape index (κ1) is 22.8. The summed E-state index contributed by atoms with van der Waals surface area (Å²) in [5.41, 5.74) is 1.72. The SMILES string of the molecule is Cc1ccccc1OCC(=O)N(Cc1ccccc1Cl)[C@H](C)C(=O)NCC(C)C. The van der Waals surface area contributed by atoms with Gasteiger partial charge in [-0.3, -0.25) is 9.59 Å². The molecule has 0 aliphatic rings. The molecule has 0 bridgehead atoms. The van der Waals surface area contributed by atoms with Crippen LogP contribution in [-0.4, -0.2) is 35.9 Å². The Kier molecular flexibility index (Phi) is 8.52. The van der Waals surface area contributed by atoms with Crippen LogP contribution >= 0.6 is 11.6 Å². The standard InChI is InChI=1S/C23H29ClN2O3/c1-16(2)13-25-23(28)18(4)26(14-19-10-6-7-11-20(19)24)22(27)15-29-21-12-8-5-9-17(21)3/h5-12,16,18H,13-15H2,1-4H3,(H,25,28)/t18-/m1/s1. The summed E-state index contributed by atoms with van der Waals surface area (Å²) in [6.07, 6.45) is 0. The predicted molar refractivity (Wildman–Crippen MR) is 116 cm³/mol. The topological polar surface area (TPSA) is 58.6 Å². The Morgan fingerprint density at radius 3 is 2.38 bits per heavy atom. The van der Waals surface area contributed by atoms with Gasteiger partial charge in [-0.15, -0.1) is 0 Å². The van der Waals surface area contributed by atoms with E-state index >= 15 is 0 Å². The summed E-state index contributed by atoms with van der Waals surface area (Å²) in [5.74, 6) is 0.495. The maximum Gasteiger partial charge on any atom is 0.261 e. The zero-order valence-corrected chi connectivity index (χ0v) is 18.2. The maximum atomic E-state index is 13.0. The zero-order chi connectivity index (χ0) is 21.4. The van der Waals surface area contributed by atoms with E-state index in [4.69, 9.17) is 16.3 Å². The molecule has 0 saturated carbocycles. The summed E-state index contributed by atoms with van der Waals surface area (Å²) in [6, 6.07) is 14.2. The van der Waals surface area contributed by atoms with Crippen LogP contribution in [-0.2, 0) is 16.1 Å². The lowest BCUT2D eigenvalue weighted by atomic mass is 10.1. The number of hydrogen-bond acceptors (Lipinski definition) is 3. The molecule has 0 aliphatic heterocycles. The van der Waals surface area contributed by atoms with Gasteiger partial charge in [-0.1, -0.05) is 61.8 Å². The van der Waals surface area contributed by atoms with Gasteiger partial charge in [0.2, 0.25) is 5.91 Å². The van der Waals surface area contributed by atoms with Gasteiger partial charge in [-0.05, 0) is 43.0 Å². The molecule has 1 N–H and O–H groups in total. The number of nitrogens with one attached hydrogen (secondary N) is 1. The number of benzene rings is 2. The molecule has 156 valence electrons. The number of rotatable bonds is 9. The Bertz CT molecular complexity index is 838. The lowest BCUT2D eigenvalue weighted by molar-refractivity contribution is -0.142. The van der Waals surface area contributed by atoms with Crippen molar-refractivity contribution >= 4 is 23.4 Å². The van der Waals surface area contributed by atoms with Crippen LogP contribution in [0.15, 0.2) is 48.5 Å². The molecule has 0 unspecified atom stereocenters. The number of hydrogen-bond donors (Lipinski definition) is 1. The minimum Gasteiger partial charge on any atom is -0.484 e. The molecular formula is C23H29ClN2O3. The minimum absolute atomic E-state index is 0.156. The van der Waals surface area contributed by atoms with Crippen molar-refractivity contribution in [3.8, 4) is 5.75 Å². The van der Waals surface area contributed by atoms with Crippen molar-refractivity contribution in [3.63, 3.8) is 0 Å². The van der Waals surface area contributed by atoms with E-state index in [1.165, 1.54) is 4.90 Å². The van der Waals surface area contributed by atoms with E-state index in [-0.39, 0.29) is 25.0 Å². The number of aryl methyl sites for hydroxylation is 1. The third kappa shape index (κ3) is 6.79. The van der Waals surface area contributed by atoms with Gasteiger partial charge in [-0.25, -0.2) is 0 Å². The highest BCUT2D eigenvalue weighted by Gasteiger charge is 2.27. The molecule has 6 heteroatoms. The average molecular weight is 417 g/mol. The normalized spacial score (nSPS) is 11.8. The van der Waals surface area contributed by atoms with Gasteiger partial charge >= 0.3 is 0 Å². The second kappa shape index (κ2) is 10.9. The average Bonchev–Trinajstić information content (AvgIpc) is 2.70. The molecule has 1 atom stereocenters. The van der Waals surface area contributed by atoms with E-state index in [1.807, 2.05) is 63.2 Å². The lowest BCUT2D eigenvalue weighted by Gasteiger charge is -2.29. The van der Waals surface area contributed by atoms with Crippen molar-refractivity contribution in [1.82, 2.24) is 10.2 Å². The quantitative estimate of drug-likeness (QED) is 0.665. The molecule has 0 heterocycles. The maximum absolute atomic E-state index is 13.0. The van der Waals surface area contributed by atoms with E-state index in [9.17, 15) is 9.59 Å². The van der Waals surface area contributed by atoms with Gasteiger partial charge in [0.15, 0.2) is 6.61 Å². The fraction of sp³-hybridized carbons (Fsp3) is 0.391. The first-order chi connectivity index (χ1) is 13.8. The molecule has 0 saturated heterocycles. The number of carbonyl (C=O) groups excluding carboxylic acids is 2. The Morgan fingerprint density at radius 1 is 1.07 bits per heavy atom. The van der Waals surface area contributed by atoms with Crippen LogP contribution in [0.4, 0.5) is 0 Å². The fourth-order valence-corrected chi connectivity index (χ4v) is 2.98. The summed E-state index contributed by atoms with van der Waals surface area (Å²) in [7, 11) is 0. The number of ether oxygens (including phenoxy) is 1. The van der Waals surface area contributed by atoms with Crippen molar-refractivity contribution in [3.05, 3.63) is 64.7 Å². The van der Waals surface area contributed by atoms with Gasteiger partial charge in [0, 0.05) is 18.1 Å². The summed E-state index contributed by atoms with van der Waals surface area (Å²) >= 11 is 6.28. The molecule has 2 aromatic rings. The van der Waals surface area contributed by atoms with Gasteiger partial charge in [0.25, 0.3) is 5.91 Å². The van der Waals surface area contributed by atoms with Crippen molar-refractivity contribution in [2.45, 2.75) is 40.3 Å². The summed E-state index contributed by atoms with van der Waals surface area (Å²) in [6.45, 7) is 8.31. The second-order valence-corrected chi connectivity index (χ2v) is 7.89. The van der Waals surface area contributed by atoms with Gasteiger partial charge in [0.05, 0.1) is 0 Å². The molecule has 2 rings (SSSR count). The highest BCUT2D eigenvalue weighted by Crippen LogP contribution is 2.20. The summed E-state index contributed by atoms with van der Waals surface area (Å²) in [4.78, 5) is 27.1. The first-order valence-electron chi connectivity index (χ1n) is 9.78. The minimum atomic E-state index is -0.655. The van der Waals surface area contributed by atoms with E-state index in [1.54, 1.807) is 13.0 Å². The molecule has 2 aromatic carbocycles. The Balaban J connectivity index is 2.16. The first-order valence-corrected chi connectivity index (χ1v) is 10.2. The molecule has 0 spiro atoms. The van der Waals surface area contributed by atoms with Crippen LogP contribution in [0, 0.1) is 12.8 Å². The number of carbonyl (C=O) groups is 2. The molecule has 0 radical (unpaired) electrons. The monoisotopic (exact) mass is 416 g/mol. The number of halogens is 1. The highest BCUT2D eigenvalue weighted by atomic mass is 35.5. The van der Waals surface area contributed by atoms with Crippen LogP contribution in [0.25, 0.3) is 0 Å². The molecule has 29 heavy (non-hydrogen) atoms. The van der Waals surface area contributed by atoms with Crippen molar-refractivity contribution < 1.29 is 14.3 Å². The van der Waals surface area contributed by atoms with E-state index < -0.39 is 6.04 Å². The van der Waals surface area contributed by atoms with E-state index in [2.05, 4.69) is 5.32 Å². The van der Waals surface area contributed by atoms with Crippen molar-refractivity contribution in [2.24, 2.45) is 5.92 Å².